The van der Waals surface area contributed by atoms with Crippen LogP contribution in [-0.2, 0) is 14.2 Å². The summed E-state index contributed by atoms with van der Waals surface area (Å²) in [5.41, 5.74) is 12.2. The molecule has 0 radical (unpaired) electrons. The molecule has 2 aliphatic rings. The Morgan fingerprint density at radius 1 is 0.368 bits per heavy atom. The average Bonchev–Trinajstić information content (AvgIpc) is 4.10. The molecule has 0 spiro atoms. The number of amides is 3. The van der Waals surface area contributed by atoms with Crippen LogP contribution in [0.5, 0.6) is 0 Å². The summed E-state index contributed by atoms with van der Waals surface area (Å²) in [6.07, 6.45) is 7.85. The normalized spacial score (nSPS) is 12.3. The molecule has 7 aromatic rings. The molecule has 8 bridgehead atoms. The van der Waals surface area contributed by atoms with Crippen molar-refractivity contribution in [2.45, 2.75) is 79.1 Å². The highest BCUT2D eigenvalue weighted by Gasteiger charge is 2.21. The Hall–Kier alpha value is -8.88. The molecule has 0 saturated carbocycles. The maximum atomic E-state index is 13.5. The number of carbonyl (C=O) groups excluding carboxylic acids is 3. The van der Waals surface area contributed by atoms with Crippen molar-refractivity contribution in [1.29, 1.82) is 0 Å². The van der Waals surface area contributed by atoms with Crippen LogP contribution in [-0.4, -0.2) is 125 Å². The highest BCUT2D eigenvalue weighted by atomic mass is 16.5. The third kappa shape index (κ3) is 16.8. The van der Waals surface area contributed by atoms with Gasteiger partial charge in [0.05, 0.1) is 65.3 Å². The lowest BCUT2D eigenvalue weighted by atomic mass is 10.0. The number of hydrogen-bond donors (Lipinski definition) is 9. The van der Waals surface area contributed by atoms with Crippen LogP contribution < -0.4 is 31.9 Å². The van der Waals surface area contributed by atoms with E-state index in [9.17, 15) is 24.3 Å². The molecule has 3 amide bonds. The topological polar surface area (TPSA) is 246 Å². The van der Waals surface area contributed by atoms with Gasteiger partial charge in [-0.2, -0.15) is 0 Å². The first-order valence-corrected chi connectivity index (χ1v) is 29.3. The molecule has 87 heavy (non-hydrogen) atoms. The third-order valence-electron chi connectivity index (χ3n) is 14.1. The molecule has 0 fully saturated rings. The van der Waals surface area contributed by atoms with E-state index in [0.717, 1.165) is 50.0 Å². The maximum Gasteiger partial charge on any atom is 0.335 e. The van der Waals surface area contributed by atoms with E-state index in [-0.39, 0.29) is 40.1 Å². The smallest absolute Gasteiger partial charge is 0.335 e. The zero-order valence-corrected chi connectivity index (χ0v) is 50.9. The molecule has 2 aliphatic heterocycles. The fraction of sp³-hybridized carbons (Fsp3) is 0.304. The van der Waals surface area contributed by atoms with E-state index in [1.807, 2.05) is 147 Å². The van der Waals surface area contributed by atoms with Crippen LogP contribution in [0.15, 0.2) is 121 Å². The van der Waals surface area contributed by atoms with Gasteiger partial charge < -0.3 is 45.2 Å². The fourth-order valence-electron chi connectivity index (χ4n) is 9.68. The lowest BCUT2D eigenvalue weighted by Crippen LogP contribution is -2.34. The Kier molecular flexibility index (Phi) is 19.9. The standard InChI is InChI=1S/C69H78N10O8/c1-67(2,3)85-40-70-34-37-73-63(80)47-18-10-43(11-19-47)59-51-26-28-53(76-51)60(44-12-20-48(21-13-44)64(81)74-38-35-71-41-86-68(4,5)6)55-30-32-57(78-55)62(46-16-24-50(25-17-46)66(83)84)58-33-31-56(79-58)61(54-29-27-52(59)77-54)45-14-22-49(23-15-45)65(82)75-39-36-72-42-87-69(7,8)9/h10-33,70-72,76,79H,34-42H2,1-9H3,(H,73,80)(H,74,81)(H,75,82)(H,83,84). The highest BCUT2D eigenvalue weighted by Crippen LogP contribution is 2.39. The molecule has 18 nitrogen and oxygen atoms in total. The van der Waals surface area contributed by atoms with Gasteiger partial charge in [-0.05, 0) is 182 Å². The van der Waals surface area contributed by atoms with Crippen molar-refractivity contribution in [3.63, 3.8) is 0 Å². The average molecular weight is 1180 g/mol. The zero-order valence-electron chi connectivity index (χ0n) is 50.9. The highest BCUT2D eigenvalue weighted by molar-refractivity contribution is 6.02. The van der Waals surface area contributed by atoms with Crippen LogP contribution in [0.3, 0.4) is 0 Å². The van der Waals surface area contributed by atoms with E-state index in [1.165, 1.54) is 0 Å². The molecule has 18 heteroatoms. The summed E-state index contributed by atoms with van der Waals surface area (Å²) >= 11 is 0. The summed E-state index contributed by atoms with van der Waals surface area (Å²) < 4.78 is 17.3. The van der Waals surface area contributed by atoms with Gasteiger partial charge in [-0.15, -0.1) is 0 Å². The molecule has 9 rings (SSSR count). The minimum atomic E-state index is -1.04. The number of benzene rings is 4. The number of carboxylic acids is 1. The van der Waals surface area contributed by atoms with E-state index in [0.29, 0.717) is 116 Å². The summed E-state index contributed by atoms with van der Waals surface area (Å²) in [5.74, 6) is -1.70. The van der Waals surface area contributed by atoms with Gasteiger partial charge in [-0.3, -0.25) is 30.3 Å². The van der Waals surface area contributed by atoms with Gasteiger partial charge in [-0.25, -0.2) is 14.8 Å². The molecule has 5 heterocycles. The molecule has 0 unspecified atom stereocenters. The van der Waals surface area contributed by atoms with Gasteiger partial charge in [-0.1, -0.05) is 48.5 Å². The number of nitrogens with zero attached hydrogens (tertiary/aromatic N) is 2. The van der Waals surface area contributed by atoms with Gasteiger partial charge in [0.1, 0.15) is 0 Å². The van der Waals surface area contributed by atoms with Crippen molar-refractivity contribution >= 4 is 70.1 Å². The number of H-pyrrole nitrogens is 2. The number of aromatic nitrogens is 4. The summed E-state index contributed by atoms with van der Waals surface area (Å²) in [5, 5.41) is 28.5. The van der Waals surface area contributed by atoms with Crippen molar-refractivity contribution in [1.82, 2.24) is 51.8 Å². The summed E-state index contributed by atoms with van der Waals surface area (Å²) in [7, 11) is 0. The number of aromatic amines is 2. The molecule has 4 aromatic carbocycles. The van der Waals surface area contributed by atoms with Gasteiger partial charge in [0.15, 0.2) is 0 Å². The molecule has 0 saturated heterocycles. The Morgan fingerprint density at radius 3 is 0.839 bits per heavy atom. The van der Waals surface area contributed by atoms with Crippen LogP contribution in [0.1, 0.15) is 127 Å². The Bertz CT molecular complexity index is 3770. The SMILES string of the molecule is CC(C)(C)OCNCCNC(=O)c1ccc(-c2c3nc(c(-c4ccc(C(=O)NCCNCOC(C)(C)C)cc4)c4ccc([nH]4)c(-c4ccc(C(=O)NCCNCOC(C)(C)C)cc4)c4nc(c(-c5ccc(C(=O)O)cc5)c5ccc2[nH]5)C=C4)C=C3)cc1. The quantitative estimate of drug-likeness (QED) is 0.0214. The zero-order chi connectivity index (χ0) is 61.9. The Morgan fingerprint density at radius 2 is 0.609 bits per heavy atom. The van der Waals surface area contributed by atoms with Crippen LogP contribution in [0.25, 0.3) is 90.9 Å². The Balaban J connectivity index is 1.17. The monoisotopic (exact) mass is 1170 g/mol. The molecule has 9 N–H and O–H groups in total. The van der Waals surface area contributed by atoms with Crippen molar-refractivity contribution < 1.29 is 38.5 Å². The van der Waals surface area contributed by atoms with Crippen molar-refractivity contribution in [2.75, 3.05) is 59.5 Å². The molecule has 0 aliphatic carbocycles. The van der Waals surface area contributed by atoms with E-state index >= 15 is 0 Å². The van der Waals surface area contributed by atoms with Gasteiger partial charge in [0.25, 0.3) is 17.7 Å². The first kappa shape index (κ1) is 62.6. The minimum Gasteiger partial charge on any atom is -0.478 e. The van der Waals surface area contributed by atoms with E-state index in [4.69, 9.17) is 24.2 Å². The second kappa shape index (κ2) is 27.7. The van der Waals surface area contributed by atoms with Gasteiger partial charge >= 0.3 is 5.97 Å². The molecular formula is C69H78N10O8. The number of fused-ring (bicyclic) bond motifs is 8. The van der Waals surface area contributed by atoms with Gasteiger partial charge in [0.2, 0.25) is 0 Å². The van der Waals surface area contributed by atoms with Crippen LogP contribution in [0.4, 0.5) is 0 Å². The number of ether oxygens (including phenoxy) is 3. The summed E-state index contributed by atoms with van der Waals surface area (Å²) in [4.78, 5) is 70.9. The fourth-order valence-corrected chi connectivity index (χ4v) is 9.68. The van der Waals surface area contributed by atoms with Crippen LogP contribution in [0, 0.1) is 0 Å². The lowest BCUT2D eigenvalue weighted by molar-refractivity contribution is -0.0132. The number of nitrogens with one attached hydrogen (secondary N) is 8. The lowest BCUT2D eigenvalue weighted by Gasteiger charge is -2.19. The predicted molar refractivity (Wildman–Crippen MR) is 346 cm³/mol. The molecule has 3 aromatic heterocycles. The molecule has 0 atom stereocenters. The Labute approximate surface area is 507 Å². The number of aromatic carboxylic acids is 1. The summed E-state index contributed by atoms with van der Waals surface area (Å²) in [6, 6.07) is 37.0. The van der Waals surface area contributed by atoms with E-state index in [1.54, 1.807) is 60.7 Å². The van der Waals surface area contributed by atoms with Crippen molar-refractivity contribution in [2.24, 2.45) is 0 Å². The number of hydrogen-bond acceptors (Lipinski definition) is 12. The largest absolute Gasteiger partial charge is 0.478 e. The number of carbonyl (C=O) groups is 4. The summed E-state index contributed by atoms with van der Waals surface area (Å²) in [6.45, 7) is 21.8. The number of rotatable bonds is 23. The van der Waals surface area contributed by atoms with E-state index < -0.39 is 5.97 Å². The predicted octanol–water partition coefficient (Wildman–Crippen LogP) is 11.3. The van der Waals surface area contributed by atoms with Crippen LogP contribution >= 0.6 is 0 Å². The van der Waals surface area contributed by atoms with Crippen molar-refractivity contribution in [3.05, 3.63) is 166 Å². The van der Waals surface area contributed by atoms with E-state index in [2.05, 4.69) is 41.9 Å². The molecule has 452 valence electrons. The third-order valence-corrected chi connectivity index (χ3v) is 14.1. The number of carboxylic acid groups (broad SMARTS) is 1. The second-order valence-electron chi connectivity index (χ2n) is 24.1. The maximum absolute atomic E-state index is 13.5. The minimum absolute atomic E-state index is 0.140. The first-order chi connectivity index (χ1) is 41.6. The molecular weight excluding hydrogens is 1100 g/mol. The van der Waals surface area contributed by atoms with Crippen LogP contribution in [0.2, 0.25) is 0 Å². The first-order valence-electron chi connectivity index (χ1n) is 29.3. The van der Waals surface area contributed by atoms with Crippen molar-refractivity contribution in [3.8, 4) is 44.5 Å². The van der Waals surface area contributed by atoms with Gasteiger partial charge in [0, 0.05) is 100 Å². The second-order valence-corrected chi connectivity index (χ2v) is 24.1.